The number of hydrogen-bond donors (Lipinski definition) is 5. The molecule has 5 atom stereocenters. The van der Waals surface area contributed by atoms with Gasteiger partial charge in [-0.15, -0.1) is 0 Å². The molecule has 72 valence electrons. The molecule has 1 heterocycles. The molecule has 1 fully saturated rings. The third-order valence-electron chi connectivity index (χ3n) is 1.95. The van der Waals surface area contributed by atoms with E-state index in [9.17, 15) is 10.2 Å². The maximum atomic E-state index is 9.20. The van der Waals surface area contributed by atoms with Crippen LogP contribution in [0, 0.1) is 0 Å². The third-order valence-corrected chi connectivity index (χ3v) is 1.95. The fraction of sp³-hybridized carbons (Fsp3) is 1.00. The number of aliphatic hydroxyl groups is 4. The quantitative estimate of drug-likeness (QED) is 0.288. The van der Waals surface area contributed by atoms with E-state index in [2.05, 4.69) is 0 Å². The van der Waals surface area contributed by atoms with Crippen molar-refractivity contribution < 1.29 is 25.2 Å². The molecule has 0 unspecified atom stereocenters. The number of ether oxygens (including phenoxy) is 1. The van der Waals surface area contributed by atoms with E-state index in [1.165, 1.54) is 0 Å². The first-order chi connectivity index (χ1) is 5.57. The highest BCUT2D eigenvalue weighted by Gasteiger charge is 2.41. The molecule has 0 aromatic heterocycles. The van der Waals surface area contributed by atoms with E-state index in [-0.39, 0.29) is 0 Å². The second-order valence-corrected chi connectivity index (χ2v) is 2.81. The number of hydrogen-bond acceptors (Lipinski definition) is 6. The van der Waals surface area contributed by atoms with Gasteiger partial charge in [-0.3, -0.25) is 0 Å². The molecule has 1 rings (SSSR count). The molecule has 6 nitrogen and oxygen atoms in total. The first-order valence-corrected chi connectivity index (χ1v) is 3.64. The van der Waals surface area contributed by atoms with Gasteiger partial charge in [0.05, 0.1) is 12.6 Å². The summed E-state index contributed by atoms with van der Waals surface area (Å²) in [7, 11) is 0. The molecule has 0 radical (unpaired) electrons. The largest absolute Gasteiger partial charge is 0.394 e. The van der Waals surface area contributed by atoms with Crippen LogP contribution in [0.15, 0.2) is 0 Å². The van der Waals surface area contributed by atoms with Crippen molar-refractivity contribution in [3.05, 3.63) is 0 Å². The van der Waals surface area contributed by atoms with Crippen LogP contribution in [0.4, 0.5) is 0 Å². The van der Waals surface area contributed by atoms with Gasteiger partial charge >= 0.3 is 0 Å². The second kappa shape index (κ2) is 3.65. The maximum Gasteiger partial charge on any atom is 0.173 e. The van der Waals surface area contributed by atoms with Crippen molar-refractivity contribution in [1.29, 1.82) is 0 Å². The Morgan fingerprint density at radius 2 is 1.75 bits per heavy atom. The van der Waals surface area contributed by atoms with Crippen molar-refractivity contribution >= 4 is 0 Å². The highest BCUT2D eigenvalue weighted by Crippen LogP contribution is 2.17. The minimum absolute atomic E-state index is 0.470. The Hall–Kier alpha value is -0.240. The van der Waals surface area contributed by atoms with Crippen LogP contribution in [0.25, 0.3) is 0 Å². The lowest BCUT2D eigenvalue weighted by molar-refractivity contribution is -0.248. The SMILES string of the molecule is N[C@H]1[C@H](O)[C@H](O)[C@@H](CO)O[C@@H]1O. The summed E-state index contributed by atoms with van der Waals surface area (Å²) in [6.45, 7) is -0.470. The molecule has 12 heavy (non-hydrogen) atoms. The van der Waals surface area contributed by atoms with Gasteiger partial charge in [0.2, 0.25) is 0 Å². The van der Waals surface area contributed by atoms with Crippen LogP contribution in [0.3, 0.4) is 0 Å². The van der Waals surface area contributed by atoms with Crippen LogP contribution in [-0.2, 0) is 4.74 Å². The molecular formula is C6H13NO5. The molecule has 6 N–H and O–H groups in total. The predicted molar refractivity (Wildman–Crippen MR) is 38.0 cm³/mol. The van der Waals surface area contributed by atoms with Crippen LogP contribution in [0.1, 0.15) is 0 Å². The van der Waals surface area contributed by atoms with Gasteiger partial charge in [-0.2, -0.15) is 0 Å². The van der Waals surface area contributed by atoms with E-state index < -0.39 is 37.3 Å². The second-order valence-electron chi connectivity index (χ2n) is 2.81. The van der Waals surface area contributed by atoms with Crippen molar-refractivity contribution in [2.45, 2.75) is 30.6 Å². The monoisotopic (exact) mass is 179 g/mol. The van der Waals surface area contributed by atoms with Gasteiger partial charge in [-0.05, 0) is 0 Å². The van der Waals surface area contributed by atoms with Gasteiger partial charge < -0.3 is 30.9 Å². The van der Waals surface area contributed by atoms with Crippen LogP contribution < -0.4 is 5.73 Å². The smallest absolute Gasteiger partial charge is 0.173 e. The minimum atomic E-state index is -1.35. The average molecular weight is 179 g/mol. The molecule has 0 amide bonds. The molecule has 0 aliphatic carbocycles. The zero-order valence-electron chi connectivity index (χ0n) is 6.37. The van der Waals surface area contributed by atoms with Crippen LogP contribution in [0.2, 0.25) is 0 Å². The Bertz CT molecular complexity index is 150. The Labute approximate surface area is 69.2 Å². The normalized spacial score (nSPS) is 49.2. The molecule has 1 aliphatic heterocycles. The first kappa shape index (κ1) is 9.85. The van der Waals surface area contributed by atoms with Crippen LogP contribution >= 0.6 is 0 Å². The summed E-state index contributed by atoms with van der Waals surface area (Å²) < 4.78 is 4.70. The molecule has 0 bridgehead atoms. The molecule has 1 aliphatic rings. The van der Waals surface area contributed by atoms with Gasteiger partial charge in [0, 0.05) is 0 Å². The zero-order chi connectivity index (χ0) is 9.30. The van der Waals surface area contributed by atoms with Crippen molar-refractivity contribution in [3.63, 3.8) is 0 Å². The van der Waals surface area contributed by atoms with Crippen LogP contribution in [0.5, 0.6) is 0 Å². The van der Waals surface area contributed by atoms with E-state index in [0.29, 0.717) is 0 Å². The Kier molecular flexibility index (Phi) is 2.99. The first-order valence-electron chi connectivity index (χ1n) is 3.64. The summed E-state index contributed by atoms with van der Waals surface area (Å²) in [6.07, 6.45) is -4.85. The van der Waals surface area contributed by atoms with E-state index in [1.807, 2.05) is 0 Å². The summed E-state index contributed by atoms with van der Waals surface area (Å²) in [4.78, 5) is 0. The third kappa shape index (κ3) is 1.58. The molecule has 1 saturated heterocycles. The highest BCUT2D eigenvalue weighted by atomic mass is 16.6. The van der Waals surface area contributed by atoms with Crippen molar-refractivity contribution in [2.24, 2.45) is 5.73 Å². The number of rotatable bonds is 1. The van der Waals surface area contributed by atoms with Crippen molar-refractivity contribution in [3.8, 4) is 0 Å². The van der Waals surface area contributed by atoms with E-state index in [4.69, 9.17) is 20.7 Å². The summed E-state index contributed by atoms with van der Waals surface area (Å²) in [5.41, 5.74) is 5.26. The average Bonchev–Trinajstić information content (AvgIpc) is 2.08. The van der Waals surface area contributed by atoms with E-state index >= 15 is 0 Å². The highest BCUT2D eigenvalue weighted by molar-refractivity contribution is 4.90. The molecule has 0 aromatic carbocycles. The molecule has 6 heteroatoms. The number of nitrogens with two attached hydrogens (primary N) is 1. The Morgan fingerprint density at radius 1 is 1.17 bits per heavy atom. The Balaban J connectivity index is 2.63. The lowest BCUT2D eigenvalue weighted by Gasteiger charge is -2.38. The Morgan fingerprint density at radius 3 is 2.25 bits per heavy atom. The van der Waals surface area contributed by atoms with Crippen LogP contribution in [-0.4, -0.2) is 57.7 Å². The molecule has 0 aromatic rings. The van der Waals surface area contributed by atoms with Gasteiger partial charge in [0.15, 0.2) is 6.29 Å². The van der Waals surface area contributed by atoms with Gasteiger partial charge in [-0.25, -0.2) is 0 Å². The summed E-state index contributed by atoms with van der Waals surface area (Å²) in [5, 5.41) is 36.1. The lowest BCUT2D eigenvalue weighted by Crippen LogP contribution is -2.61. The summed E-state index contributed by atoms with van der Waals surface area (Å²) in [6, 6.07) is -1.04. The van der Waals surface area contributed by atoms with Gasteiger partial charge in [-0.1, -0.05) is 0 Å². The summed E-state index contributed by atoms with van der Waals surface area (Å²) >= 11 is 0. The number of aliphatic hydroxyl groups excluding tert-OH is 4. The van der Waals surface area contributed by atoms with Gasteiger partial charge in [0.25, 0.3) is 0 Å². The van der Waals surface area contributed by atoms with Gasteiger partial charge in [0.1, 0.15) is 18.3 Å². The topological polar surface area (TPSA) is 116 Å². The standard InChI is InChI=1S/C6H13NO5/c7-3-5(10)4(9)2(1-8)12-6(3)11/h2-6,8-11H,1,7H2/t2-,3+,4-,5+,6+/m1/s1. The maximum absolute atomic E-state index is 9.20. The fourth-order valence-electron chi connectivity index (χ4n) is 1.12. The minimum Gasteiger partial charge on any atom is -0.394 e. The summed E-state index contributed by atoms with van der Waals surface area (Å²) in [5.74, 6) is 0. The predicted octanol–water partition coefficient (Wildman–Crippen LogP) is -3.26. The van der Waals surface area contributed by atoms with E-state index in [0.717, 1.165) is 0 Å². The van der Waals surface area contributed by atoms with E-state index in [1.54, 1.807) is 0 Å². The molecular weight excluding hydrogens is 166 g/mol. The fourth-order valence-corrected chi connectivity index (χ4v) is 1.12. The molecule has 0 saturated carbocycles. The molecule has 0 spiro atoms. The van der Waals surface area contributed by atoms with Crippen molar-refractivity contribution in [1.82, 2.24) is 0 Å². The van der Waals surface area contributed by atoms with Crippen molar-refractivity contribution in [2.75, 3.05) is 6.61 Å². The lowest BCUT2D eigenvalue weighted by atomic mass is 9.98. The zero-order valence-corrected chi connectivity index (χ0v) is 6.37.